The van der Waals surface area contributed by atoms with Crippen LogP contribution in [0, 0.1) is 5.92 Å². The maximum Gasteiger partial charge on any atom is 0.288 e. The molecule has 1 aliphatic heterocycles. The first-order valence-electron chi connectivity index (χ1n) is 5.48. The molecule has 0 bridgehead atoms. The van der Waals surface area contributed by atoms with E-state index in [0.29, 0.717) is 22.6 Å². The van der Waals surface area contributed by atoms with E-state index in [4.69, 9.17) is 0 Å². The van der Waals surface area contributed by atoms with Gasteiger partial charge in [-0.2, -0.15) is 8.78 Å². The standard InChI is InChI=1S/C12H15F2NS/c13-12(14)16-11-3-1-2-9(7-11)6-10-4-5-15-8-10/h1-3,7,10,12,15H,4-6,8H2. The van der Waals surface area contributed by atoms with Gasteiger partial charge in [-0.25, -0.2) is 0 Å². The monoisotopic (exact) mass is 243 g/mol. The lowest BCUT2D eigenvalue weighted by Gasteiger charge is -2.09. The molecule has 4 heteroatoms. The minimum atomic E-state index is -2.33. The first-order chi connectivity index (χ1) is 7.74. The van der Waals surface area contributed by atoms with Crippen LogP contribution in [0.1, 0.15) is 12.0 Å². The maximum absolute atomic E-state index is 12.2. The van der Waals surface area contributed by atoms with E-state index < -0.39 is 5.76 Å². The molecule has 0 saturated carbocycles. The van der Waals surface area contributed by atoms with Crippen LogP contribution in [-0.4, -0.2) is 18.8 Å². The number of thioether (sulfide) groups is 1. The molecule has 1 N–H and O–H groups in total. The Balaban J connectivity index is 1.97. The average Bonchev–Trinajstić information content (AvgIpc) is 2.70. The Morgan fingerprint density at radius 1 is 1.44 bits per heavy atom. The average molecular weight is 243 g/mol. The van der Waals surface area contributed by atoms with Crippen molar-refractivity contribution >= 4 is 11.8 Å². The van der Waals surface area contributed by atoms with E-state index in [1.54, 1.807) is 6.07 Å². The molecule has 0 spiro atoms. The van der Waals surface area contributed by atoms with Crippen molar-refractivity contribution in [1.82, 2.24) is 5.32 Å². The highest BCUT2D eigenvalue weighted by Gasteiger charge is 2.15. The third kappa shape index (κ3) is 3.46. The Morgan fingerprint density at radius 3 is 3.00 bits per heavy atom. The molecule has 1 atom stereocenters. The molecular formula is C12H15F2NS. The molecule has 0 aromatic heterocycles. The summed E-state index contributed by atoms with van der Waals surface area (Å²) in [6, 6.07) is 7.51. The van der Waals surface area contributed by atoms with Crippen molar-refractivity contribution in [2.75, 3.05) is 13.1 Å². The van der Waals surface area contributed by atoms with Gasteiger partial charge >= 0.3 is 0 Å². The zero-order valence-corrected chi connectivity index (χ0v) is 9.77. The van der Waals surface area contributed by atoms with E-state index in [1.165, 1.54) is 12.0 Å². The molecule has 2 rings (SSSR count). The van der Waals surface area contributed by atoms with Crippen molar-refractivity contribution in [3.63, 3.8) is 0 Å². The molecule has 16 heavy (non-hydrogen) atoms. The Labute approximate surface area is 98.6 Å². The fraction of sp³-hybridized carbons (Fsp3) is 0.500. The number of hydrogen-bond acceptors (Lipinski definition) is 2. The van der Waals surface area contributed by atoms with Crippen LogP contribution in [0.3, 0.4) is 0 Å². The van der Waals surface area contributed by atoms with E-state index in [0.717, 1.165) is 19.5 Å². The summed E-state index contributed by atoms with van der Waals surface area (Å²) >= 11 is 0.622. The summed E-state index contributed by atoms with van der Waals surface area (Å²) in [5.74, 6) is -1.67. The minimum absolute atomic E-state index is 0.622. The first kappa shape index (κ1) is 11.9. The molecule has 0 radical (unpaired) electrons. The molecule has 1 saturated heterocycles. The Bertz CT molecular complexity index is 338. The molecule has 1 heterocycles. The predicted molar refractivity (Wildman–Crippen MR) is 63.0 cm³/mol. The number of nitrogens with one attached hydrogen (secondary N) is 1. The zero-order chi connectivity index (χ0) is 11.4. The first-order valence-corrected chi connectivity index (χ1v) is 6.36. The highest BCUT2D eigenvalue weighted by molar-refractivity contribution is 7.99. The van der Waals surface area contributed by atoms with Crippen LogP contribution in [0.25, 0.3) is 0 Å². The van der Waals surface area contributed by atoms with Gasteiger partial charge in [0, 0.05) is 4.90 Å². The van der Waals surface area contributed by atoms with Crippen LogP contribution in [0.5, 0.6) is 0 Å². The van der Waals surface area contributed by atoms with E-state index in [2.05, 4.69) is 5.32 Å². The van der Waals surface area contributed by atoms with Gasteiger partial charge in [-0.1, -0.05) is 23.9 Å². The third-order valence-corrected chi connectivity index (χ3v) is 3.51. The van der Waals surface area contributed by atoms with Gasteiger partial charge in [0.2, 0.25) is 0 Å². The molecule has 0 amide bonds. The summed E-state index contributed by atoms with van der Waals surface area (Å²) < 4.78 is 24.4. The van der Waals surface area contributed by atoms with Gasteiger partial charge in [-0.15, -0.1) is 0 Å². The zero-order valence-electron chi connectivity index (χ0n) is 8.96. The van der Waals surface area contributed by atoms with Crippen molar-refractivity contribution in [3.8, 4) is 0 Å². The lowest BCUT2D eigenvalue weighted by Crippen LogP contribution is -2.10. The van der Waals surface area contributed by atoms with Gasteiger partial charge in [0.15, 0.2) is 0 Å². The lowest BCUT2D eigenvalue weighted by atomic mass is 9.99. The summed E-state index contributed by atoms with van der Waals surface area (Å²) in [6.07, 6.45) is 2.18. The number of alkyl halides is 2. The molecule has 1 aromatic rings. The van der Waals surface area contributed by atoms with Crippen molar-refractivity contribution in [2.24, 2.45) is 5.92 Å². The number of hydrogen-bond donors (Lipinski definition) is 1. The molecule has 88 valence electrons. The predicted octanol–water partition coefficient (Wildman–Crippen LogP) is 3.15. The highest BCUT2D eigenvalue weighted by atomic mass is 32.2. The van der Waals surface area contributed by atoms with Crippen LogP contribution >= 0.6 is 11.8 Å². The summed E-state index contributed by atoms with van der Waals surface area (Å²) in [7, 11) is 0. The summed E-state index contributed by atoms with van der Waals surface area (Å²) in [4.78, 5) is 0.665. The second-order valence-electron chi connectivity index (χ2n) is 4.09. The number of halogens is 2. The second kappa shape index (κ2) is 5.64. The van der Waals surface area contributed by atoms with Crippen LogP contribution in [0.15, 0.2) is 29.2 Å². The van der Waals surface area contributed by atoms with Gasteiger partial charge < -0.3 is 5.32 Å². The van der Waals surface area contributed by atoms with Gasteiger partial charge in [0.1, 0.15) is 0 Å². The van der Waals surface area contributed by atoms with Crippen LogP contribution < -0.4 is 5.32 Å². The number of benzene rings is 1. The smallest absolute Gasteiger partial charge is 0.288 e. The molecule has 1 aliphatic rings. The molecule has 1 nitrogen and oxygen atoms in total. The minimum Gasteiger partial charge on any atom is -0.316 e. The van der Waals surface area contributed by atoms with Gasteiger partial charge in [-0.05, 0) is 49.5 Å². The van der Waals surface area contributed by atoms with E-state index in [9.17, 15) is 8.78 Å². The highest BCUT2D eigenvalue weighted by Crippen LogP contribution is 2.26. The van der Waals surface area contributed by atoms with E-state index >= 15 is 0 Å². The van der Waals surface area contributed by atoms with Gasteiger partial charge in [0.25, 0.3) is 5.76 Å². The molecule has 0 aliphatic carbocycles. The third-order valence-electron chi connectivity index (χ3n) is 2.81. The molecule has 1 unspecified atom stereocenters. The Morgan fingerprint density at radius 2 is 2.31 bits per heavy atom. The molecule has 1 aromatic carbocycles. The van der Waals surface area contributed by atoms with Crippen molar-refractivity contribution < 1.29 is 8.78 Å². The number of rotatable bonds is 4. The summed E-state index contributed by atoms with van der Waals surface area (Å²) in [5, 5.41) is 3.31. The Kier molecular flexibility index (Phi) is 4.18. The van der Waals surface area contributed by atoms with E-state index in [-0.39, 0.29) is 0 Å². The van der Waals surface area contributed by atoms with Gasteiger partial charge in [-0.3, -0.25) is 0 Å². The van der Waals surface area contributed by atoms with Crippen LogP contribution in [0.2, 0.25) is 0 Å². The fourth-order valence-electron chi connectivity index (χ4n) is 2.07. The second-order valence-corrected chi connectivity index (χ2v) is 5.15. The normalized spacial score (nSPS) is 20.6. The molecule has 1 fully saturated rings. The summed E-state index contributed by atoms with van der Waals surface area (Å²) in [5.41, 5.74) is 1.17. The van der Waals surface area contributed by atoms with Gasteiger partial charge in [0.05, 0.1) is 0 Å². The largest absolute Gasteiger partial charge is 0.316 e. The Hall–Kier alpha value is -0.610. The van der Waals surface area contributed by atoms with Crippen LogP contribution in [0.4, 0.5) is 8.78 Å². The van der Waals surface area contributed by atoms with Crippen LogP contribution in [-0.2, 0) is 6.42 Å². The van der Waals surface area contributed by atoms with E-state index in [1.807, 2.05) is 18.2 Å². The van der Waals surface area contributed by atoms with Crippen molar-refractivity contribution in [3.05, 3.63) is 29.8 Å². The quantitative estimate of drug-likeness (QED) is 0.815. The fourth-order valence-corrected chi connectivity index (χ4v) is 2.65. The lowest BCUT2D eigenvalue weighted by molar-refractivity contribution is 0.252. The van der Waals surface area contributed by atoms with Crippen molar-refractivity contribution in [1.29, 1.82) is 0 Å². The summed E-state index contributed by atoms with van der Waals surface area (Å²) in [6.45, 7) is 2.13. The topological polar surface area (TPSA) is 12.0 Å². The molecular weight excluding hydrogens is 228 g/mol. The maximum atomic E-state index is 12.2. The SMILES string of the molecule is FC(F)Sc1cccc(CC2CCNC2)c1. The van der Waals surface area contributed by atoms with Crippen molar-refractivity contribution in [2.45, 2.75) is 23.5 Å².